The van der Waals surface area contributed by atoms with E-state index >= 15 is 0 Å². The first-order chi connectivity index (χ1) is 11.8. The van der Waals surface area contributed by atoms with E-state index in [9.17, 15) is 13.2 Å². The van der Waals surface area contributed by atoms with Gasteiger partial charge in [-0.15, -0.1) is 11.3 Å². The van der Waals surface area contributed by atoms with Gasteiger partial charge in [0.15, 0.2) is 0 Å². The number of carbonyl (C=O) groups excluding carboxylic acids is 1. The zero-order chi connectivity index (χ0) is 18.2. The Labute approximate surface area is 151 Å². The normalized spacial score (nSPS) is 17.5. The van der Waals surface area contributed by atoms with E-state index in [0.717, 1.165) is 16.7 Å². The molecule has 25 heavy (non-hydrogen) atoms. The summed E-state index contributed by atoms with van der Waals surface area (Å²) in [6.07, 6.45) is 1.66. The van der Waals surface area contributed by atoms with E-state index in [4.69, 9.17) is 0 Å². The molecular formula is C17H19N3O3S2. The van der Waals surface area contributed by atoms with Crippen LogP contribution in [0.25, 0.3) is 0 Å². The fourth-order valence-electron chi connectivity index (χ4n) is 2.92. The van der Waals surface area contributed by atoms with Crippen molar-refractivity contribution < 1.29 is 13.2 Å². The summed E-state index contributed by atoms with van der Waals surface area (Å²) >= 11 is 1.60. The standard InChI is InChI=1S/C17H19N3O3S2/c1-11-8-9-24-17(11)16-10-15(18-20(16)12(2)21)13-6-4-5-7-14(13)19-25(3,22)23/h4-9,16,19H,10H2,1-3H3. The van der Waals surface area contributed by atoms with Crippen LogP contribution < -0.4 is 4.72 Å². The van der Waals surface area contributed by atoms with Crippen molar-refractivity contribution >= 4 is 38.7 Å². The van der Waals surface area contributed by atoms with Crippen LogP contribution in [-0.2, 0) is 14.8 Å². The SMILES string of the molecule is CC(=O)N1N=C(c2ccccc2NS(C)(=O)=O)CC1c1sccc1C. The number of rotatable bonds is 4. The number of carbonyl (C=O) groups is 1. The van der Waals surface area contributed by atoms with Crippen molar-refractivity contribution in [3.8, 4) is 0 Å². The van der Waals surface area contributed by atoms with E-state index in [2.05, 4.69) is 9.82 Å². The summed E-state index contributed by atoms with van der Waals surface area (Å²) in [5.74, 6) is -0.138. The summed E-state index contributed by atoms with van der Waals surface area (Å²) in [4.78, 5) is 13.2. The van der Waals surface area contributed by atoms with E-state index in [-0.39, 0.29) is 11.9 Å². The lowest BCUT2D eigenvalue weighted by atomic mass is 10.0. The Hall–Kier alpha value is -2.19. The second-order valence-corrected chi connectivity index (χ2v) is 8.71. The number of hydrogen-bond donors (Lipinski definition) is 1. The highest BCUT2D eigenvalue weighted by atomic mass is 32.2. The highest BCUT2D eigenvalue weighted by Gasteiger charge is 2.33. The predicted molar refractivity (Wildman–Crippen MR) is 100 cm³/mol. The molecule has 0 aliphatic carbocycles. The van der Waals surface area contributed by atoms with Gasteiger partial charge in [-0.3, -0.25) is 9.52 Å². The third kappa shape index (κ3) is 3.74. The fraction of sp³-hybridized carbons (Fsp3) is 0.294. The molecule has 1 aromatic heterocycles. The quantitative estimate of drug-likeness (QED) is 0.889. The lowest BCUT2D eigenvalue weighted by Crippen LogP contribution is -2.24. The average Bonchev–Trinajstić information content (AvgIpc) is 3.12. The molecule has 1 aliphatic rings. The molecule has 0 radical (unpaired) electrons. The Morgan fingerprint density at radius 2 is 2.04 bits per heavy atom. The molecule has 1 unspecified atom stereocenters. The van der Waals surface area contributed by atoms with Crippen molar-refractivity contribution in [2.45, 2.75) is 26.3 Å². The minimum Gasteiger partial charge on any atom is -0.283 e. The van der Waals surface area contributed by atoms with E-state index in [1.807, 2.05) is 30.5 Å². The molecular weight excluding hydrogens is 358 g/mol. The van der Waals surface area contributed by atoms with Gasteiger partial charge in [0.05, 0.1) is 23.7 Å². The molecule has 0 saturated heterocycles. The minimum absolute atomic E-state index is 0.138. The highest BCUT2D eigenvalue weighted by molar-refractivity contribution is 7.92. The number of nitrogens with one attached hydrogen (secondary N) is 1. The number of para-hydroxylation sites is 1. The third-order valence-corrected chi connectivity index (χ3v) is 5.68. The summed E-state index contributed by atoms with van der Waals surface area (Å²) in [5.41, 5.74) is 2.98. The average molecular weight is 377 g/mol. The molecule has 1 aliphatic heterocycles. The number of thiophene rings is 1. The maximum Gasteiger partial charge on any atom is 0.240 e. The molecule has 6 nitrogen and oxygen atoms in total. The molecule has 0 spiro atoms. The van der Waals surface area contributed by atoms with Crippen molar-refractivity contribution in [1.29, 1.82) is 0 Å². The lowest BCUT2D eigenvalue weighted by molar-refractivity contribution is -0.130. The largest absolute Gasteiger partial charge is 0.283 e. The fourth-order valence-corrected chi connectivity index (χ4v) is 4.51. The molecule has 2 heterocycles. The van der Waals surface area contributed by atoms with Gasteiger partial charge in [-0.1, -0.05) is 18.2 Å². The molecule has 0 fully saturated rings. The number of nitrogens with zero attached hydrogens (tertiary/aromatic N) is 2. The van der Waals surface area contributed by atoms with Crippen LogP contribution in [0.4, 0.5) is 5.69 Å². The van der Waals surface area contributed by atoms with Gasteiger partial charge in [-0.25, -0.2) is 13.4 Å². The van der Waals surface area contributed by atoms with Gasteiger partial charge in [-0.2, -0.15) is 5.10 Å². The highest BCUT2D eigenvalue weighted by Crippen LogP contribution is 2.38. The van der Waals surface area contributed by atoms with Gasteiger partial charge in [0.25, 0.3) is 0 Å². The zero-order valence-electron chi connectivity index (χ0n) is 14.2. The molecule has 8 heteroatoms. The summed E-state index contributed by atoms with van der Waals surface area (Å²) in [6, 6.07) is 8.96. The summed E-state index contributed by atoms with van der Waals surface area (Å²) in [6.45, 7) is 3.50. The molecule has 2 aromatic rings. The van der Waals surface area contributed by atoms with Crippen LogP contribution in [0.1, 0.15) is 35.4 Å². The van der Waals surface area contributed by atoms with E-state index in [1.165, 1.54) is 11.9 Å². The third-order valence-electron chi connectivity index (χ3n) is 3.97. The first-order valence-electron chi connectivity index (χ1n) is 7.74. The molecule has 1 aromatic carbocycles. The molecule has 1 amide bonds. The maximum atomic E-state index is 12.1. The topological polar surface area (TPSA) is 78.8 Å². The van der Waals surface area contributed by atoms with Gasteiger partial charge in [0.1, 0.15) is 0 Å². The van der Waals surface area contributed by atoms with Crippen LogP contribution in [0.15, 0.2) is 40.8 Å². The molecule has 0 saturated carbocycles. The monoisotopic (exact) mass is 377 g/mol. The van der Waals surface area contributed by atoms with Crippen LogP contribution in [0, 0.1) is 6.92 Å². The van der Waals surface area contributed by atoms with Crippen molar-refractivity contribution in [3.05, 3.63) is 51.7 Å². The Morgan fingerprint density at radius 3 is 2.64 bits per heavy atom. The summed E-state index contributed by atoms with van der Waals surface area (Å²) < 4.78 is 25.8. The van der Waals surface area contributed by atoms with Crippen LogP contribution in [-0.4, -0.2) is 31.3 Å². The number of sulfonamides is 1. The smallest absolute Gasteiger partial charge is 0.240 e. The van der Waals surface area contributed by atoms with Crippen LogP contribution in [0.3, 0.4) is 0 Å². The molecule has 1 atom stereocenters. The Balaban J connectivity index is 2.00. The number of hydrogen-bond acceptors (Lipinski definition) is 5. The van der Waals surface area contributed by atoms with Crippen LogP contribution in [0.5, 0.6) is 0 Å². The van der Waals surface area contributed by atoms with E-state index in [1.54, 1.807) is 23.5 Å². The maximum absolute atomic E-state index is 12.1. The lowest BCUT2D eigenvalue weighted by Gasteiger charge is -2.19. The van der Waals surface area contributed by atoms with Gasteiger partial charge in [-0.05, 0) is 30.0 Å². The summed E-state index contributed by atoms with van der Waals surface area (Å²) in [5, 5.41) is 7.99. The first kappa shape index (κ1) is 17.6. The van der Waals surface area contributed by atoms with Crippen molar-refractivity contribution in [2.24, 2.45) is 5.10 Å². The molecule has 1 N–H and O–H groups in total. The summed E-state index contributed by atoms with van der Waals surface area (Å²) in [7, 11) is -3.41. The minimum atomic E-state index is -3.41. The Kier molecular flexibility index (Phi) is 4.66. The van der Waals surface area contributed by atoms with E-state index < -0.39 is 10.0 Å². The van der Waals surface area contributed by atoms with Crippen molar-refractivity contribution in [2.75, 3.05) is 11.0 Å². The number of anilines is 1. The number of amides is 1. The number of benzene rings is 1. The zero-order valence-corrected chi connectivity index (χ0v) is 15.8. The second kappa shape index (κ2) is 6.61. The van der Waals surface area contributed by atoms with Gasteiger partial charge in [0, 0.05) is 23.8 Å². The molecule has 0 bridgehead atoms. The van der Waals surface area contributed by atoms with Gasteiger partial charge >= 0.3 is 0 Å². The van der Waals surface area contributed by atoms with Gasteiger partial charge < -0.3 is 0 Å². The number of aryl methyl sites for hydroxylation is 1. The van der Waals surface area contributed by atoms with E-state index in [0.29, 0.717) is 23.4 Å². The van der Waals surface area contributed by atoms with Gasteiger partial charge in [0.2, 0.25) is 15.9 Å². The predicted octanol–water partition coefficient (Wildman–Crippen LogP) is 3.13. The first-order valence-corrected chi connectivity index (χ1v) is 10.5. The van der Waals surface area contributed by atoms with Crippen LogP contribution in [0.2, 0.25) is 0 Å². The van der Waals surface area contributed by atoms with Crippen molar-refractivity contribution in [1.82, 2.24) is 5.01 Å². The van der Waals surface area contributed by atoms with Crippen molar-refractivity contribution in [3.63, 3.8) is 0 Å². The Bertz CT molecular complexity index is 948. The number of hydrazone groups is 1. The molecule has 132 valence electrons. The van der Waals surface area contributed by atoms with Crippen LogP contribution >= 0.6 is 11.3 Å². The Morgan fingerprint density at radius 1 is 1.32 bits per heavy atom. The second-order valence-electron chi connectivity index (χ2n) is 6.02. The molecule has 3 rings (SSSR count).